The zero-order chi connectivity index (χ0) is 9.26. The molecule has 0 atom stereocenters. The standard InChI is InChI=1S/C8H7ClN4/c1-6-7(9)3-2-4-8(6)13-5-10-11-12-13/h2-5H,1H3. The number of rotatable bonds is 1. The van der Waals surface area contributed by atoms with Gasteiger partial charge < -0.3 is 0 Å². The fourth-order valence-corrected chi connectivity index (χ4v) is 1.29. The summed E-state index contributed by atoms with van der Waals surface area (Å²) in [5.74, 6) is 0. The maximum absolute atomic E-state index is 5.95. The minimum Gasteiger partial charge on any atom is -0.200 e. The van der Waals surface area contributed by atoms with Gasteiger partial charge in [0, 0.05) is 5.02 Å². The van der Waals surface area contributed by atoms with Crippen molar-refractivity contribution in [2.45, 2.75) is 6.92 Å². The van der Waals surface area contributed by atoms with E-state index in [2.05, 4.69) is 15.5 Å². The van der Waals surface area contributed by atoms with Gasteiger partial charge in [-0.15, -0.1) is 5.10 Å². The highest BCUT2D eigenvalue weighted by Gasteiger charge is 2.04. The van der Waals surface area contributed by atoms with Crippen LogP contribution >= 0.6 is 11.6 Å². The Morgan fingerprint density at radius 3 is 2.92 bits per heavy atom. The van der Waals surface area contributed by atoms with Gasteiger partial charge >= 0.3 is 0 Å². The van der Waals surface area contributed by atoms with Crippen molar-refractivity contribution in [3.63, 3.8) is 0 Å². The predicted octanol–water partition coefficient (Wildman–Crippen LogP) is 1.62. The minimum absolute atomic E-state index is 0.716. The van der Waals surface area contributed by atoms with E-state index in [4.69, 9.17) is 11.6 Å². The fourth-order valence-electron chi connectivity index (χ4n) is 1.12. The highest BCUT2D eigenvalue weighted by Crippen LogP contribution is 2.20. The lowest BCUT2D eigenvalue weighted by Crippen LogP contribution is -1.97. The van der Waals surface area contributed by atoms with Crippen molar-refractivity contribution >= 4 is 11.6 Å². The average Bonchev–Trinajstić information content (AvgIpc) is 2.62. The van der Waals surface area contributed by atoms with Crippen molar-refractivity contribution in [2.75, 3.05) is 0 Å². The maximum Gasteiger partial charge on any atom is 0.143 e. The summed E-state index contributed by atoms with van der Waals surface area (Å²) in [5.41, 5.74) is 1.87. The minimum atomic E-state index is 0.716. The predicted molar refractivity (Wildman–Crippen MR) is 48.9 cm³/mol. The molecule has 0 bridgehead atoms. The summed E-state index contributed by atoms with van der Waals surface area (Å²) in [5, 5.41) is 11.6. The van der Waals surface area contributed by atoms with Crippen molar-refractivity contribution in [1.82, 2.24) is 20.2 Å². The van der Waals surface area contributed by atoms with Crippen molar-refractivity contribution in [3.05, 3.63) is 35.1 Å². The molecule has 2 rings (SSSR count). The third kappa shape index (κ3) is 1.40. The van der Waals surface area contributed by atoms with E-state index >= 15 is 0 Å². The number of halogens is 1. The lowest BCUT2D eigenvalue weighted by atomic mass is 10.2. The second-order valence-electron chi connectivity index (χ2n) is 2.64. The van der Waals surface area contributed by atoms with Crippen LogP contribution in [0, 0.1) is 6.92 Å². The van der Waals surface area contributed by atoms with Crippen LogP contribution in [0.5, 0.6) is 0 Å². The molecular weight excluding hydrogens is 188 g/mol. The number of hydrogen-bond donors (Lipinski definition) is 0. The molecule has 1 aromatic carbocycles. The first-order chi connectivity index (χ1) is 6.29. The zero-order valence-electron chi connectivity index (χ0n) is 6.98. The Kier molecular flexibility index (Phi) is 1.98. The smallest absolute Gasteiger partial charge is 0.143 e. The lowest BCUT2D eigenvalue weighted by molar-refractivity contribution is 0.785. The number of hydrogen-bond acceptors (Lipinski definition) is 3. The van der Waals surface area contributed by atoms with Gasteiger partial charge in [-0.25, -0.2) is 4.68 Å². The van der Waals surface area contributed by atoms with Gasteiger partial charge in [-0.2, -0.15) is 0 Å². The first-order valence-electron chi connectivity index (χ1n) is 3.77. The third-order valence-corrected chi connectivity index (χ3v) is 2.24. The van der Waals surface area contributed by atoms with E-state index in [1.165, 1.54) is 0 Å². The van der Waals surface area contributed by atoms with Gasteiger partial charge in [0.2, 0.25) is 0 Å². The van der Waals surface area contributed by atoms with Gasteiger partial charge in [0.05, 0.1) is 5.69 Å². The van der Waals surface area contributed by atoms with Crippen LogP contribution < -0.4 is 0 Å². The molecule has 0 aliphatic heterocycles. The van der Waals surface area contributed by atoms with Crippen molar-refractivity contribution in [1.29, 1.82) is 0 Å². The largest absolute Gasteiger partial charge is 0.200 e. The second kappa shape index (κ2) is 3.14. The van der Waals surface area contributed by atoms with Crippen LogP contribution in [-0.4, -0.2) is 20.2 Å². The van der Waals surface area contributed by atoms with Gasteiger partial charge in [-0.1, -0.05) is 17.7 Å². The monoisotopic (exact) mass is 194 g/mol. The highest BCUT2D eigenvalue weighted by molar-refractivity contribution is 6.31. The van der Waals surface area contributed by atoms with E-state index in [9.17, 15) is 0 Å². The maximum atomic E-state index is 5.95. The van der Waals surface area contributed by atoms with Crippen LogP contribution in [0.3, 0.4) is 0 Å². The van der Waals surface area contributed by atoms with Crippen LogP contribution in [0.4, 0.5) is 0 Å². The van der Waals surface area contributed by atoms with Crippen LogP contribution in [0.25, 0.3) is 5.69 Å². The molecule has 4 nitrogen and oxygen atoms in total. The molecule has 5 heteroatoms. The second-order valence-corrected chi connectivity index (χ2v) is 3.05. The summed E-state index contributed by atoms with van der Waals surface area (Å²) in [6.45, 7) is 1.93. The SMILES string of the molecule is Cc1c(Cl)cccc1-n1cnnn1. The van der Waals surface area contributed by atoms with E-state index in [1.54, 1.807) is 11.0 Å². The quantitative estimate of drug-likeness (QED) is 0.693. The number of tetrazole rings is 1. The summed E-state index contributed by atoms with van der Waals surface area (Å²) >= 11 is 5.95. The van der Waals surface area contributed by atoms with Gasteiger partial charge in [0.1, 0.15) is 6.33 Å². The molecule has 0 spiro atoms. The first kappa shape index (κ1) is 8.19. The first-order valence-corrected chi connectivity index (χ1v) is 4.15. The van der Waals surface area contributed by atoms with Crippen LogP contribution in [-0.2, 0) is 0 Å². The average molecular weight is 195 g/mol. The summed E-state index contributed by atoms with van der Waals surface area (Å²) in [7, 11) is 0. The van der Waals surface area contributed by atoms with Crippen molar-refractivity contribution in [3.8, 4) is 5.69 Å². The molecule has 0 unspecified atom stereocenters. The van der Waals surface area contributed by atoms with Crippen molar-refractivity contribution < 1.29 is 0 Å². The molecule has 0 aliphatic rings. The molecule has 2 aromatic rings. The summed E-state index contributed by atoms with van der Waals surface area (Å²) in [6, 6.07) is 5.62. The highest BCUT2D eigenvalue weighted by atomic mass is 35.5. The third-order valence-electron chi connectivity index (χ3n) is 1.83. The van der Waals surface area contributed by atoms with Gasteiger partial charge in [-0.05, 0) is 35.0 Å². The van der Waals surface area contributed by atoms with Crippen molar-refractivity contribution in [2.24, 2.45) is 0 Å². The van der Waals surface area contributed by atoms with Gasteiger partial charge in [0.15, 0.2) is 0 Å². The summed E-state index contributed by atoms with van der Waals surface area (Å²) in [4.78, 5) is 0. The fraction of sp³-hybridized carbons (Fsp3) is 0.125. The van der Waals surface area contributed by atoms with E-state index < -0.39 is 0 Å². The normalized spacial score (nSPS) is 10.3. The molecule has 66 valence electrons. The number of nitrogens with zero attached hydrogens (tertiary/aromatic N) is 4. The Bertz CT molecular complexity index is 410. The van der Waals surface area contributed by atoms with Gasteiger partial charge in [-0.3, -0.25) is 0 Å². The van der Waals surface area contributed by atoms with E-state index in [0.29, 0.717) is 5.02 Å². The molecule has 0 N–H and O–H groups in total. The Balaban J connectivity index is 2.59. The van der Waals surface area contributed by atoms with E-state index in [0.717, 1.165) is 11.3 Å². The van der Waals surface area contributed by atoms with Crippen LogP contribution in [0.15, 0.2) is 24.5 Å². The summed E-state index contributed by atoms with van der Waals surface area (Å²) < 4.78 is 1.58. The lowest BCUT2D eigenvalue weighted by Gasteiger charge is -2.04. The Morgan fingerprint density at radius 2 is 2.23 bits per heavy atom. The van der Waals surface area contributed by atoms with Crippen LogP contribution in [0.1, 0.15) is 5.56 Å². The van der Waals surface area contributed by atoms with Crippen LogP contribution in [0.2, 0.25) is 5.02 Å². The zero-order valence-corrected chi connectivity index (χ0v) is 7.73. The summed E-state index contributed by atoms with van der Waals surface area (Å²) in [6.07, 6.45) is 1.54. The molecule has 0 amide bonds. The molecular formula is C8H7ClN4. The Labute approximate surface area is 80.1 Å². The number of aromatic nitrogens is 4. The Morgan fingerprint density at radius 1 is 1.38 bits per heavy atom. The molecule has 1 heterocycles. The van der Waals surface area contributed by atoms with E-state index in [1.807, 2.05) is 25.1 Å². The van der Waals surface area contributed by atoms with Gasteiger partial charge in [0.25, 0.3) is 0 Å². The molecule has 0 saturated carbocycles. The number of benzene rings is 1. The molecule has 0 radical (unpaired) electrons. The van der Waals surface area contributed by atoms with E-state index in [-0.39, 0.29) is 0 Å². The Hall–Kier alpha value is -1.42. The molecule has 0 saturated heterocycles. The topological polar surface area (TPSA) is 43.6 Å². The molecule has 0 aliphatic carbocycles. The molecule has 1 aromatic heterocycles. The molecule has 0 fully saturated rings. The molecule has 13 heavy (non-hydrogen) atoms.